The fourth-order valence-electron chi connectivity index (χ4n) is 1.34. The molecule has 1 saturated carbocycles. The molecule has 1 aliphatic carbocycles. The first-order valence-electron chi connectivity index (χ1n) is 5.28. The van der Waals surface area contributed by atoms with Gasteiger partial charge in [0, 0.05) is 13.0 Å². The Morgan fingerprint density at radius 3 is 2.47 bits per heavy atom. The minimum atomic E-state index is -2.87. The standard InChI is InChI=1S/C11H16F2N2O2/c1-4-8(16)14-6-10(2,3)15-9(17)7-5-11(7,12)13/h4,7H,1,5-6H2,2-3H3,(H,14,16)(H,15,17)/t7-/m0/s1. The molecule has 0 heterocycles. The van der Waals surface area contributed by atoms with Gasteiger partial charge >= 0.3 is 0 Å². The molecule has 0 aliphatic heterocycles. The molecule has 1 atom stereocenters. The molecule has 1 rings (SSSR count). The zero-order valence-electron chi connectivity index (χ0n) is 9.85. The molecule has 0 spiro atoms. The third-order valence-electron chi connectivity index (χ3n) is 2.49. The molecule has 1 fully saturated rings. The Labute approximate surface area is 98.4 Å². The van der Waals surface area contributed by atoms with Crippen molar-refractivity contribution in [1.29, 1.82) is 0 Å². The van der Waals surface area contributed by atoms with Crippen LogP contribution in [0.25, 0.3) is 0 Å². The van der Waals surface area contributed by atoms with E-state index in [0.717, 1.165) is 6.08 Å². The third-order valence-corrected chi connectivity index (χ3v) is 2.49. The SMILES string of the molecule is C=CC(=O)NCC(C)(C)NC(=O)[C@@H]1CC1(F)F. The number of alkyl halides is 2. The molecule has 0 aromatic carbocycles. The summed E-state index contributed by atoms with van der Waals surface area (Å²) in [4.78, 5) is 22.4. The monoisotopic (exact) mass is 246 g/mol. The highest BCUT2D eigenvalue weighted by atomic mass is 19.3. The lowest BCUT2D eigenvalue weighted by Gasteiger charge is -2.26. The lowest BCUT2D eigenvalue weighted by atomic mass is 10.1. The topological polar surface area (TPSA) is 58.2 Å². The minimum Gasteiger partial charge on any atom is -0.350 e. The van der Waals surface area contributed by atoms with Crippen molar-refractivity contribution in [1.82, 2.24) is 10.6 Å². The van der Waals surface area contributed by atoms with Crippen molar-refractivity contribution in [2.45, 2.75) is 31.7 Å². The Balaban J connectivity index is 2.41. The molecule has 0 bridgehead atoms. The molecule has 96 valence electrons. The molecule has 2 N–H and O–H groups in total. The van der Waals surface area contributed by atoms with Crippen LogP contribution in [-0.4, -0.2) is 29.8 Å². The zero-order valence-corrected chi connectivity index (χ0v) is 9.85. The molecule has 1 aliphatic rings. The number of carbonyl (C=O) groups is 2. The number of carbonyl (C=O) groups excluding carboxylic acids is 2. The Hall–Kier alpha value is -1.46. The first-order chi connectivity index (χ1) is 7.68. The second-order valence-electron chi connectivity index (χ2n) is 4.81. The molecule has 0 unspecified atom stereocenters. The van der Waals surface area contributed by atoms with Crippen LogP contribution >= 0.6 is 0 Å². The van der Waals surface area contributed by atoms with Crippen LogP contribution in [-0.2, 0) is 9.59 Å². The molecule has 2 amide bonds. The third kappa shape index (κ3) is 3.80. The summed E-state index contributed by atoms with van der Waals surface area (Å²) in [6, 6.07) is 0. The first-order valence-corrected chi connectivity index (χ1v) is 5.28. The van der Waals surface area contributed by atoms with Gasteiger partial charge < -0.3 is 10.6 Å². The Morgan fingerprint density at radius 2 is 2.06 bits per heavy atom. The van der Waals surface area contributed by atoms with Crippen molar-refractivity contribution in [3.63, 3.8) is 0 Å². The van der Waals surface area contributed by atoms with Gasteiger partial charge in [0.25, 0.3) is 5.92 Å². The van der Waals surface area contributed by atoms with Crippen LogP contribution in [0.15, 0.2) is 12.7 Å². The summed E-state index contributed by atoms with van der Waals surface area (Å²) in [5.74, 6) is -5.14. The highest BCUT2D eigenvalue weighted by Gasteiger charge is 2.61. The number of amides is 2. The second-order valence-corrected chi connectivity index (χ2v) is 4.81. The quantitative estimate of drug-likeness (QED) is 0.706. The van der Waals surface area contributed by atoms with E-state index in [4.69, 9.17) is 0 Å². The molecular formula is C11H16F2N2O2. The van der Waals surface area contributed by atoms with E-state index in [-0.39, 0.29) is 12.5 Å². The maximum atomic E-state index is 12.6. The maximum absolute atomic E-state index is 12.6. The smallest absolute Gasteiger partial charge is 0.260 e. The summed E-state index contributed by atoms with van der Waals surface area (Å²) in [5.41, 5.74) is -0.769. The molecule has 17 heavy (non-hydrogen) atoms. The van der Waals surface area contributed by atoms with E-state index in [1.54, 1.807) is 13.8 Å². The summed E-state index contributed by atoms with van der Waals surface area (Å²) in [5, 5.41) is 4.98. The summed E-state index contributed by atoms with van der Waals surface area (Å²) >= 11 is 0. The molecular weight excluding hydrogens is 230 g/mol. The fourth-order valence-corrected chi connectivity index (χ4v) is 1.34. The molecule has 6 heteroatoms. The van der Waals surface area contributed by atoms with Gasteiger partial charge in [0.05, 0.1) is 5.54 Å². The van der Waals surface area contributed by atoms with E-state index in [0.29, 0.717) is 0 Å². The summed E-state index contributed by atoms with van der Waals surface area (Å²) < 4.78 is 25.3. The van der Waals surface area contributed by atoms with Gasteiger partial charge in [0.2, 0.25) is 11.8 Å². The number of rotatable bonds is 5. The van der Waals surface area contributed by atoms with Crippen LogP contribution in [0.3, 0.4) is 0 Å². The van der Waals surface area contributed by atoms with E-state index >= 15 is 0 Å². The van der Waals surface area contributed by atoms with Crippen molar-refractivity contribution >= 4 is 11.8 Å². The second kappa shape index (κ2) is 4.43. The molecule has 0 radical (unpaired) electrons. The number of hydrogen-bond donors (Lipinski definition) is 2. The van der Waals surface area contributed by atoms with Crippen LogP contribution in [0.2, 0.25) is 0 Å². The van der Waals surface area contributed by atoms with Crippen molar-refractivity contribution in [2.24, 2.45) is 5.92 Å². The lowest BCUT2D eigenvalue weighted by Crippen LogP contribution is -2.52. The average Bonchev–Trinajstić information content (AvgIpc) is 2.84. The van der Waals surface area contributed by atoms with Gasteiger partial charge in [-0.3, -0.25) is 9.59 Å². The van der Waals surface area contributed by atoms with Gasteiger partial charge in [-0.2, -0.15) is 0 Å². The van der Waals surface area contributed by atoms with E-state index < -0.39 is 29.7 Å². The average molecular weight is 246 g/mol. The Bertz CT molecular complexity index is 353. The summed E-state index contributed by atoms with van der Waals surface area (Å²) in [6.45, 7) is 6.73. The predicted octanol–water partition coefficient (Wildman–Crippen LogP) is 0.839. The lowest BCUT2D eigenvalue weighted by molar-refractivity contribution is -0.126. The van der Waals surface area contributed by atoms with Gasteiger partial charge in [0.1, 0.15) is 5.92 Å². The van der Waals surface area contributed by atoms with Crippen molar-refractivity contribution in [3.8, 4) is 0 Å². The van der Waals surface area contributed by atoms with Gasteiger partial charge in [-0.05, 0) is 19.9 Å². The van der Waals surface area contributed by atoms with Crippen LogP contribution < -0.4 is 10.6 Å². The predicted molar refractivity (Wildman–Crippen MR) is 58.5 cm³/mol. The number of nitrogens with one attached hydrogen (secondary N) is 2. The Kier molecular flexibility index (Phi) is 3.54. The van der Waals surface area contributed by atoms with Gasteiger partial charge in [-0.15, -0.1) is 0 Å². The van der Waals surface area contributed by atoms with Gasteiger partial charge in [0.15, 0.2) is 0 Å². The van der Waals surface area contributed by atoms with Crippen molar-refractivity contribution < 1.29 is 18.4 Å². The highest BCUT2D eigenvalue weighted by molar-refractivity contribution is 5.87. The van der Waals surface area contributed by atoms with Crippen LogP contribution in [0.4, 0.5) is 8.78 Å². The van der Waals surface area contributed by atoms with E-state index in [9.17, 15) is 18.4 Å². The van der Waals surface area contributed by atoms with Crippen LogP contribution in [0.5, 0.6) is 0 Å². The Morgan fingerprint density at radius 1 is 1.53 bits per heavy atom. The fraction of sp³-hybridized carbons (Fsp3) is 0.636. The number of hydrogen-bond acceptors (Lipinski definition) is 2. The number of halogens is 2. The van der Waals surface area contributed by atoms with E-state index in [1.165, 1.54) is 0 Å². The molecule has 0 saturated heterocycles. The van der Waals surface area contributed by atoms with Gasteiger partial charge in [-0.1, -0.05) is 6.58 Å². The molecule has 4 nitrogen and oxygen atoms in total. The molecule has 0 aromatic heterocycles. The zero-order chi connectivity index (χ0) is 13.3. The maximum Gasteiger partial charge on any atom is 0.260 e. The van der Waals surface area contributed by atoms with Crippen LogP contribution in [0, 0.1) is 5.92 Å². The largest absolute Gasteiger partial charge is 0.350 e. The molecule has 0 aromatic rings. The summed E-state index contributed by atoms with van der Waals surface area (Å²) in [7, 11) is 0. The summed E-state index contributed by atoms with van der Waals surface area (Å²) in [6.07, 6.45) is 0.709. The van der Waals surface area contributed by atoms with Crippen molar-refractivity contribution in [3.05, 3.63) is 12.7 Å². The van der Waals surface area contributed by atoms with Crippen molar-refractivity contribution in [2.75, 3.05) is 6.54 Å². The first kappa shape index (κ1) is 13.6. The van der Waals surface area contributed by atoms with E-state index in [1.807, 2.05) is 0 Å². The highest BCUT2D eigenvalue weighted by Crippen LogP contribution is 2.48. The minimum absolute atomic E-state index is 0.155. The normalized spacial score (nSPS) is 21.5. The van der Waals surface area contributed by atoms with Crippen LogP contribution in [0.1, 0.15) is 20.3 Å². The van der Waals surface area contributed by atoms with Gasteiger partial charge in [-0.25, -0.2) is 8.78 Å². The van der Waals surface area contributed by atoms with E-state index in [2.05, 4.69) is 17.2 Å².